The standard InChI is InChI=1S/C20H25N3O2/c1-13(2)12-23-19(14-7-8-14)16(11-21-23)20(24)22-17-9-10-25-18-6-4-3-5-15(17)18/h3-6,11,13-14,17H,7-10,12H2,1-2H3,(H,22,24)/t17-/m0/s1. The van der Waals surface area contributed by atoms with Crippen molar-refractivity contribution in [1.82, 2.24) is 15.1 Å². The summed E-state index contributed by atoms with van der Waals surface area (Å²) >= 11 is 0. The van der Waals surface area contributed by atoms with Crippen LogP contribution in [-0.2, 0) is 6.54 Å². The molecule has 1 aromatic carbocycles. The van der Waals surface area contributed by atoms with Crippen LogP contribution in [0, 0.1) is 5.92 Å². The average molecular weight is 339 g/mol. The molecule has 0 spiro atoms. The Bertz CT molecular complexity index is 777. The maximum atomic E-state index is 13.0. The highest BCUT2D eigenvalue weighted by molar-refractivity contribution is 5.95. The molecular weight excluding hydrogens is 314 g/mol. The molecule has 1 N–H and O–H groups in total. The van der Waals surface area contributed by atoms with E-state index in [1.54, 1.807) is 6.20 Å². The van der Waals surface area contributed by atoms with E-state index in [0.29, 0.717) is 18.4 Å². The lowest BCUT2D eigenvalue weighted by Crippen LogP contribution is -2.32. The Balaban J connectivity index is 1.57. The first-order valence-electron chi connectivity index (χ1n) is 9.21. The fraction of sp³-hybridized carbons (Fsp3) is 0.500. The number of carbonyl (C=O) groups excluding carboxylic acids is 1. The highest BCUT2D eigenvalue weighted by atomic mass is 16.5. The maximum Gasteiger partial charge on any atom is 0.255 e. The zero-order valence-corrected chi connectivity index (χ0v) is 14.9. The predicted molar refractivity (Wildman–Crippen MR) is 95.8 cm³/mol. The van der Waals surface area contributed by atoms with Crippen molar-refractivity contribution in [3.8, 4) is 5.75 Å². The van der Waals surface area contributed by atoms with Gasteiger partial charge in [-0.05, 0) is 24.8 Å². The van der Waals surface area contributed by atoms with Gasteiger partial charge in [0.1, 0.15) is 5.75 Å². The lowest BCUT2D eigenvalue weighted by Gasteiger charge is -2.26. The van der Waals surface area contributed by atoms with Gasteiger partial charge in [0.05, 0.1) is 30.1 Å². The van der Waals surface area contributed by atoms with Crippen LogP contribution in [0.25, 0.3) is 0 Å². The van der Waals surface area contributed by atoms with E-state index in [2.05, 4.69) is 24.3 Å². The summed E-state index contributed by atoms with van der Waals surface area (Å²) < 4.78 is 7.73. The summed E-state index contributed by atoms with van der Waals surface area (Å²) in [5.74, 6) is 1.86. The molecule has 0 bridgehead atoms. The van der Waals surface area contributed by atoms with Gasteiger partial charge in [0.2, 0.25) is 0 Å². The summed E-state index contributed by atoms with van der Waals surface area (Å²) in [4.78, 5) is 13.0. The zero-order valence-electron chi connectivity index (χ0n) is 14.9. The van der Waals surface area contributed by atoms with Gasteiger partial charge < -0.3 is 10.1 Å². The van der Waals surface area contributed by atoms with Gasteiger partial charge in [0, 0.05) is 24.4 Å². The molecule has 0 unspecified atom stereocenters. The molecule has 0 radical (unpaired) electrons. The van der Waals surface area contributed by atoms with E-state index >= 15 is 0 Å². The normalized spacial score (nSPS) is 19.4. The number of para-hydroxylation sites is 1. The molecule has 1 amide bonds. The topological polar surface area (TPSA) is 56.2 Å². The first-order valence-corrected chi connectivity index (χ1v) is 9.21. The van der Waals surface area contributed by atoms with Gasteiger partial charge in [-0.3, -0.25) is 9.48 Å². The van der Waals surface area contributed by atoms with Crippen LogP contribution in [0.4, 0.5) is 0 Å². The fourth-order valence-corrected chi connectivity index (χ4v) is 3.58. The van der Waals surface area contributed by atoms with Crippen molar-refractivity contribution >= 4 is 5.91 Å². The van der Waals surface area contributed by atoms with Crippen molar-refractivity contribution in [2.75, 3.05) is 6.61 Å². The number of fused-ring (bicyclic) bond motifs is 1. The number of hydrogen-bond donors (Lipinski definition) is 1. The van der Waals surface area contributed by atoms with Crippen LogP contribution >= 0.6 is 0 Å². The van der Waals surface area contributed by atoms with E-state index in [0.717, 1.165) is 48.4 Å². The SMILES string of the molecule is CC(C)Cn1ncc(C(=O)N[C@H]2CCOc3ccccc32)c1C1CC1. The smallest absolute Gasteiger partial charge is 0.255 e. The molecule has 0 saturated heterocycles. The first kappa shape index (κ1) is 16.2. The number of nitrogens with zero attached hydrogens (tertiary/aromatic N) is 2. The molecule has 1 aromatic heterocycles. The number of rotatable bonds is 5. The summed E-state index contributed by atoms with van der Waals surface area (Å²) in [5, 5.41) is 7.72. The van der Waals surface area contributed by atoms with E-state index in [1.807, 2.05) is 28.9 Å². The molecule has 1 aliphatic carbocycles. The van der Waals surface area contributed by atoms with Crippen LogP contribution in [0.2, 0.25) is 0 Å². The van der Waals surface area contributed by atoms with E-state index in [1.165, 1.54) is 0 Å². The fourth-order valence-electron chi connectivity index (χ4n) is 3.58. The molecule has 1 atom stereocenters. The van der Waals surface area contributed by atoms with Gasteiger partial charge in [0.15, 0.2) is 0 Å². The third-order valence-electron chi connectivity index (χ3n) is 4.89. The van der Waals surface area contributed by atoms with Crippen molar-refractivity contribution in [2.45, 2.75) is 51.6 Å². The average Bonchev–Trinajstić information content (AvgIpc) is 3.35. The minimum absolute atomic E-state index is 0.00190. The minimum atomic E-state index is -0.0152. The van der Waals surface area contributed by atoms with Gasteiger partial charge in [-0.25, -0.2) is 0 Å². The summed E-state index contributed by atoms with van der Waals surface area (Å²) in [6.07, 6.45) is 4.85. The monoisotopic (exact) mass is 339 g/mol. The highest BCUT2D eigenvalue weighted by Crippen LogP contribution is 2.42. The van der Waals surface area contributed by atoms with Gasteiger partial charge in [-0.15, -0.1) is 0 Å². The Kier molecular flexibility index (Phi) is 4.24. The van der Waals surface area contributed by atoms with Gasteiger partial charge in [-0.1, -0.05) is 32.0 Å². The zero-order chi connectivity index (χ0) is 17.4. The molecule has 5 heteroatoms. The van der Waals surface area contributed by atoms with Gasteiger partial charge >= 0.3 is 0 Å². The maximum absolute atomic E-state index is 13.0. The quantitative estimate of drug-likeness (QED) is 0.904. The van der Waals surface area contributed by atoms with Crippen LogP contribution in [0.5, 0.6) is 5.75 Å². The molecule has 1 fully saturated rings. The Labute approximate surface area is 148 Å². The third kappa shape index (κ3) is 3.28. The Morgan fingerprint density at radius 1 is 1.32 bits per heavy atom. The van der Waals surface area contributed by atoms with Crippen molar-refractivity contribution in [1.29, 1.82) is 0 Å². The molecule has 25 heavy (non-hydrogen) atoms. The number of carbonyl (C=O) groups is 1. The van der Waals surface area contributed by atoms with Crippen molar-refractivity contribution in [3.63, 3.8) is 0 Å². The van der Waals surface area contributed by atoms with Crippen molar-refractivity contribution in [2.24, 2.45) is 5.92 Å². The number of hydrogen-bond acceptors (Lipinski definition) is 3. The van der Waals surface area contributed by atoms with Crippen molar-refractivity contribution < 1.29 is 9.53 Å². The lowest BCUT2D eigenvalue weighted by molar-refractivity contribution is 0.0923. The molecule has 2 heterocycles. The summed E-state index contributed by atoms with van der Waals surface area (Å²) in [5.41, 5.74) is 2.92. The molecule has 1 saturated carbocycles. The first-order chi connectivity index (χ1) is 12.1. The molecule has 2 aliphatic rings. The van der Waals surface area contributed by atoms with Crippen LogP contribution in [0.3, 0.4) is 0 Å². The Morgan fingerprint density at radius 2 is 2.12 bits per heavy atom. The summed E-state index contributed by atoms with van der Waals surface area (Å²) in [6, 6.07) is 7.94. The number of nitrogens with one attached hydrogen (secondary N) is 1. The van der Waals surface area contributed by atoms with E-state index < -0.39 is 0 Å². The minimum Gasteiger partial charge on any atom is -0.493 e. The molecule has 2 aromatic rings. The van der Waals surface area contributed by atoms with E-state index in [4.69, 9.17) is 4.74 Å². The predicted octanol–water partition coefficient (Wildman–Crippen LogP) is 3.67. The largest absolute Gasteiger partial charge is 0.493 e. The third-order valence-corrected chi connectivity index (χ3v) is 4.89. The Hall–Kier alpha value is -2.30. The molecular formula is C20H25N3O2. The second-order valence-corrected chi connectivity index (χ2v) is 7.49. The van der Waals surface area contributed by atoms with Gasteiger partial charge in [-0.2, -0.15) is 5.10 Å². The molecule has 1 aliphatic heterocycles. The van der Waals surface area contributed by atoms with Crippen LogP contribution < -0.4 is 10.1 Å². The van der Waals surface area contributed by atoms with Gasteiger partial charge in [0.25, 0.3) is 5.91 Å². The number of amides is 1. The van der Waals surface area contributed by atoms with Crippen molar-refractivity contribution in [3.05, 3.63) is 47.3 Å². The Morgan fingerprint density at radius 3 is 2.88 bits per heavy atom. The van der Waals surface area contributed by atoms with E-state index in [9.17, 15) is 4.79 Å². The number of aromatic nitrogens is 2. The lowest BCUT2D eigenvalue weighted by atomic mass is 10.00. The summed E-state index contributed by atoms with van der Waals surface area (Å²) in [7, 11) is 0. The van der Waals surface area contributed by atoms with Crippen LogP contribution in [-0.4, -0.2) is 22.3 Å². The summed E-state index contributed by atoms with van der Waals surface area (Å²) in [6.45, 7) is 5.84. The molecule has 4 rings (SSSR count). The second-order valence-electron chi connectivity index (χ2n) is 7.49. The number of ether oxygens (including phenoxy) is 1. The number of benzene rings is 1. The van der Waals surface area contributed by atoms with E-state index in [-0.39, 0.29) is 11.9 Å². The molecule has 5 nitrogen and oxygen atoms in total. The van der Waals surface area contributed by atoms with Crippen LogP contribution in [0.1, 0.15) is 66.7 Å². The second kappa shape index (κ2) is 6.54. The van der Waals surface area contributed by atoms with Crippen LogP contribution in [0.15, 0.2) is 30.5 Å². The highest BCUT2D eigenvalue weighted by Gasteiger charge is 2.33. The molecule has 132 valence electrons.